The van der Waals surface area contributed by atoms with Crippen molar-refractivity contribution >= 4 is 23.4 Å². The zero-order chi connectivity index (χ0) is 17.0. The van der Waals surface area contributed by atoms with E-state index in [2.05, 4.69) is 11.4 Å². The third-order valence-corrected chi connectivity index (χ3v) is 3.86. The van der Waals surface area contributed by atoms with Crippen molar-refractivity contribution < 1.29 is 9.53 Å². The molecule has 1 amide bonds. The van der Waals surface area contributed by atoms with E-state index in [4.69, 9.17) is 21.6 Å². The zero-order valence-electron chi connectivity index (χ0n) is 13.7. The number of nitriles is 1. The summed E-state index contributed by atoms with van der Waals surface area (Å²) in [5.74, 6) is 0. The molecule has 1 unspecified atom stereocenters. The first-order valence-electron chi connectivity index (χ1n) is 7.72. The third-order valence-electron chi connectivity index (χ3n) is 3.53. The summed E-state index contributed by atoms with van der Waals surface area (Å²) >= 11 is 6.18. The molecule has 1 N–H and O–H groups in total. The van der Waals surface area contributed by atoms with E-state index in [1.165, 1.54) is 0 Å². The van der Waals surface area contributed by atoms with Gasteiger partial charge in [0.25, 0.3) is 0 Å². The SMILES string of the molecule is CC(C)(C)OC(=O)N1CCCC(Nc2cc(C#N)ccc2Cl)C1. The first kappa shape index (κ1) is 17.4. The Kier molecular flexibility index (Phi) is 5.38. The van der Waals surface area contributed by atoms with Gasteiger partial charge in [-0.05, 0) is 51.8 Å². The second-order valence-electron chi connectivity index (χ2n) is 6.72. The van der Waals surface area contributed by atoms with Crippen LogP contribution in [0.1, 0.15) is 39.2 Å². The molecule has 1 aromatic rings. The molecule has 1 aliphatic rings. The van der Waals surface area contributed by atoms with E-state index in [0.717, 1.165) is 18.5 Å². The maximum atomic E-state index is 12.2. The molecular weight excluding hydrogens is 314 g/mol. The molecule has 1 heterocycles. The Balaban J connectivity index is 2.02. The molecule has 1 fully saturated rings. The summed E-state index contributed by atoms with van der Waals surface area (Å²) in [5.41, 5.74) is 0.778. The fraction of sp³-hybridized carbons (Fsp3) is 0.529. The largest absolute Gasteiger partial charge is 0.444 e. The van der Waals surface area contributed by atoms with Gasteiger partial charge in [0.05, 0.1) is 22.3 Å². The number of likely N-dealkylation sites (tertiary alicyclic amines) is 1. The first-order chi connectivity index (χ1) is 10.8. The number of rotatable bonds is 2. The van der Waals surface area contributed by atoms with Gasteiger partial charge in [0.2, 0.25) is 0 Å². The van der Waals surface area contributed by atoms with Crippen LogP contribution < -0.4 is 5.32 Å². The lowest BCUT2D eigenvalue weighted by Gasteiger charge is -2.35. The van der Waals surface area contributed by atoms with Gasteiger partial charge in [-0.1, -0.05) is 11.6 Å². The van der Waals surface area contributed by atoms with Gasteiger partial charge in [0.15, 0.2) is 0 Å². The topological polar surface area (TPSA) is 65.4 Å². The van der Waals surface area contributed by atoms with Crippen LogP contribution in [0.3, 0.4) is 0 Å². The van der Waals surface area contributed by atoms with Crippen LogP contribution in [-0.2, 0) is 4.74 Å². The average Bonchev–Trinajstić information content (AvgIpc) is 2.48. The van der Waals surface area contributed by atoms with Crippen molar-refractivity contribution in [1.29, 1.82) is 5.26 Å². The maximum absolute atomic E-state index is 12.2. The number of ether oxygens (including phenoxy) is 1. The highest BCUT2D eigenvalue weighted by atomic mass is 35.5. The number of carbonyl (C=O) groups excluding carboxylic acids is 1. The van der Waals surface area contributed by atoms with Gasteiger partial charge in [-0.2, -0.15) is 5.26 Å². The number of amides is 1. The number of benzene rings is 1. The fourth-order valence-electron chi connectivity index (χ4n) is 2.51. The van der Waals surface area contributed by atoms with E-state index in [-0.39, 0.29) is 12.1 Å². The minimum absolute atomic E-state index is 0.0858. The van der Waals surface area contributed by atoms with Crippen LogP contribution in [0.15, 0.2) is 18.2 Å². The van der Waals surface area contributed by atoms with Gasteiger partial charge >= 0.3 is 6.09 Å². The second-order valence-corrected chi connectivity index (χ2v) is 7.12. The highest BCUT2D eigenvalue weighted by Gasteiger charge is 2.27. The molecule has 124 valence electrons. The van der Waals surface area contributed by atoms with Gasteiger partial charge in [-0.15, -0.1) is 0 Å². The predicted octanol–water partition coefficient (Wildman–Crippen LogP) is 4.02. The normalized spacial score (nSPS) is 18.2. The summed E-state index contributed by atoms with van der Waals surface area (Å²) in [5, 5.41) is 12.9. The number of nitrogens with zero attached hydrogens (tertiary/aromatic N) is 2. The summed E-state index contributed by atoms with van der Waals surface area (Å²) in [6, 6.07) is 7.31. The highest BCUT2D eigenvalue weighted by Crippen LogP contribution is 2.26. The summed E-state index contributed by atoms with van der Waals surface area (Å²) in [6.45, 7) is 6.83. The Morgan fingerprint density at radius 2 is 2.22 bits per heavy atom. The first-order valence-corrected chi connectivity index (χ1v) is 8.10. The molecule has 1 aromatic carbocycles. The molecule has 0 aromatic heterocycles. The molecule has 0 aliphatic carbocycles. The van der Waals surface area contributed by atoms with Crippen LogP contribution >= 0.6 is 11.6 Å². The lowest BCUT2D eigenvalue weighted by atomic mass is 10.1. The van der Waals surface area contributed by atoms with Gasteiger partial charge in [-0.3, -0.25) is 0 Å². The van der Waals surface area contributed by atoms with Crippen molar-refractivity contribution in [1.82, 2.24) is 4.90 Å². The third kappa shape index (κ3) is 5.04. The molecule has 5 nitrogen and oxygen atoms in total. The molecule has 0 radical (unpaired) electrons. The van der Waals surface area contributed by atoms with E-state index in [1.807, 2.05) is 20.8 Å². The smallest absolute Gasteiger partial charge is 0.410 e. The van der Waals surface area contributed by atoms with Crippen molar-refractivity contribution in [3.63, 3.8) is 0 Å². The predicted molar refractivity (Wildman–Crippen MR) is 90.6 cm³/mol. The monoisotopic (exact) mass is 335 g/mol. The van der Waals surface area contributed by atoms with E-state index >= 15 is 0 Å². The molecule has 6 heteroatoms. The number of piperidine rings is 1. The van der Waals surface area contributed by atoms with Crippen LogP contribution in [0.5, 0.6) is 0 Å². The Morgan fingerprint density at radius 3 is 2.87 bits per heavy atom. The molecule has 0 saturated carbocycles. The number of carbonyl (C=O) groups is 1. The van der Waals surface area contributed by atoms with Crippen molar-refractivity contribution in [3.05, 3.63) is 28.8 Å². The molecule has 23 heavy (non-hydrogen) atoms. The van der Waals surface area contributed by atoms with Crippen molar-refractivity contribution in [2.24, 2.45) is 0 Å². The van der Waals surface area contributed by atoms with Crippen molar-refractivity contribution in [2.45, 2.75) is 45.3 Å². The average molecular weight is 336 g/mol. The van der Waals surface area contributed by atoms with Crippen LogP contribution in [0, 0.1) is 11.3 Å². The number of hydrogen-bond donors (Lipinski definition) is 1. The quantitative estimate of drug-likeness (QED) is 0.886. The maximum Gasteiger partial charge on any atom is 0.410 e. The molecule has 1 aliphatic heterocycles. The summed E-state index contributed by atoms with van der Waals surface area (Å²) in [6.07, 6.45) is 1.54. The van der Waals surface area contributed by atoms with E-state index in [0.29, 0.717) is 23.7 Å². The lowest BCUT2D eigenvalue weighted by molar-refractivity contribution is 0.0206. The summed E-state index contributed by atoms with van der Waals surface area (Å²) in [7, 11) is 0. The van der Waals surface area contributed by atoms with Crippen LogP contribution in [0.2, 0.25) is 5.02 Å². The second kappa shape index (κ2) is 7.10. The molecule has 2 rings (SSSR count). The molecule has 0 spiro atoms. The van der Waals surface area contributed by atoms with E-state index in [9.17, 15) is 4.79 Å². The molecule has 1 atom stereocenters. The number of anilines is 1. The Bertz CT molecular complexity index is 619. The standard InChI is InChI=1S/C17H22ClN3O2/c1-17(2,3)23-16(22)21-8-4-5-13(11-21)20-15-9-12(10-19)6-7-14(15)18/h6-7,9,13,20H,4-5,8,11H2,1-3H3. The van der Waals surface area contributed by atoms with Crippen LogP contribution in [0.25, 0.3) is 0 Å². The molecule has 0 bridgehead atoms. The Labute approximate surface area is 142 Å². The molecular formula is C17H22ClN3O2. The minimum Gasteiger partial charge on any atom is -0.444 e. The zero-order valence-corrected chi connectivity index (χ0v) is 14.5. The number of hydrogen-bond acceptors (Lipinski definition) is 4. The van der Waals surface area contributed by atoms with Gasteiger partial charge in [0, 0.05) is 19.1 Å². The highest BCUT2D eigenvalue weighted by molar-refractivity contribution is 6.33. The van der Waals surface area contributed by atoms with Crippen molar-refractivity contribution in [2.75, 3.05) is 18.4 Å². The minimum atomic E-state index is -0.498. The Hall–Kier alpha value is -1.93. The van der Waals surface area contributed by atoms with Crippen LogP contribution in [0.4, 0.5) is 10.5 Å². The van der Waals surface area contributed by atoms with E-state index in [1.54, 1.807) is 23.1 Å². The lowest BCUT2D eigenvalue weighted by Crippen LogP contribution is -2.47. The molecule has 1 saturated heterocycles. The van der Waals surface area contributed by atoms with Crippen LogP contribution in [-0.4, -0.2) is 35.7 Å². The number of nitrogens with one attached hydrogen (secondary N) is 1. The van der Waals surface area contributed by atoms with Gasteiger partial charge < -0.3 is 15.0 Å². The Morgan fingerprint density at radius 1 is 1.48 bits per heavy atom. The summed E-state index contributed by atoms with van der Waals surface area (Å²) < 4.78 is 5.43. The van der Waals surface area contributed by atoms with Gasteiger partial charge in [0.1, 0.15) is 5.60 Å². The number of halogens is 1. The summed E-state index contributed by atoms with van der Waals surface area (Å²) in [4.78, 5) is 13.9. The fourth-order valence-corrected chi connectivity index (χ4v) is 2.68. The van der Waals surface area contributed by atoms with Crippen molar-refractivity contribution in [3.8, 4) is 6.07 Å². The van der Waals surface area contributed by atoms with Gasteiger partial charge in [-0.25, -0.2) is 4.79 Å². The van der Waals surface area contributed by atoms with E-state index < -0.39 is 5.60 Å².